The summed E-state index contributed by atoms with van der Waals surface area (Å²) in [5.41, 5.74) is 4.33. The molecule has 5 nitrogen and oxygen atoms in total. The van der Waals surface area contributed by atoms with Gasteiger partial charge in [0.05, 0.1) is 12.3 Å². The van der Waals surface area contributed by atoms with Crippen molar-refractivity contribution in [2.24, 2.45) is 5.10 Å². The second-order valence-electron chi connectivity index (χ2n) is 5.78. The van der Waals surface area contributed by atoms with E-state index in [1.165, 1.54) is 5.56 Å². The molecule has 0 saturated carbocycles. The fraction of sp³-hybridized carbons (Fsp3) is 0.211. The molecular formula is C19H18N4OS. The number of fused-ring (bicyclic) bond motifs is 1. The third kappa shape index (κ3) is 3.17. The number of rotatable bonds is 4. The highest BCUT2D eigenvalue weighted by molar-refractivity contribution is 7.99. The van der Waals surface area contributed by atoms with Gasteiger partial charge in [-0.3, -0.25) is 0 Å². The summed E-state index contributed by atoms with van der Waals surface area (Å²) in [7, 11) is 0. The summed E-state index contributed by atoms with van der Waals surface area (Å²) in [6.45, 7) is 4.72. The normalized spacial score (nSPS) is 13.3. The molecule has 126 valence electrons. The Kier molecular flexibility index (Phi) is 4.28. The number of nitrogens with zero attached hydrogens (tertiary/aromatic N) is 4. The second kappa shape index (κ2) is 6.72. The molecule has 2 aromatic carbocycles. The van der Waals surface area contributed by atoms with Gasteiger partial charge in [0.15, 0.2) is 5.82 Å². The first kappa shape index (κ1) is 15.9. The predicted octanol–water partition coefficient (Wildman–Crippen LogP) is 4.01. The standard InChI is InChI=1S/C19H18N4OS/c1-3-24-16-10-8-14(9-11-16)17-12-25-19-21-20-18(23(19)22-17)15-6-4-13(2)5-7-15/h4-11H,3,12H2,1-2H3. The van der Waals surface area contributed by atoms with Crippen LogP contribution < -0.4 is 4.74 Å². The van der Waals surface area contributed by atoms with Crippen molar-refractivity contribution in [3.05, 3.63) is 59.7 Å². The Bertz CT molecular complexity index is 914. The SMILES string of the molecule is CCOc1ccc(C2=Nn3c(nnc3-c3ccc(C)cc3)SC2)cc1. The molecule has 0 atom stereocenters. The van der Waals surface area contributed by atoms with E-state index in [1.54, 1.807) is 11.8 Å². The van der Waals surface area contributed by atoms with Crippen molar-refractivity contribution in [2.75, 3.05) is 12.4 Å². The van der Waals surface area contributed by atoms with Gasteiger partial charge in [-0.15, -0.1) is 10.2 Å². The Morgan fingerprint density at radius 1 is 1.00 bits per heavy atom. The van der Waals surface area contributed by atoms with E-state index in [1.807, 2.05) is 35.9 Å². The molecule has 25 heavy (non-hydrogen) atoms. The molecule has 0 bridgehead atoms. The Hall–Kier alpha value is -2.60. The maximum Gasteiger partial charge on any atom is 0.212 e. The summed E-state index contributed by atoms with van der Waals surface area (Å²) in [6.07, 6.45) is 0. The lowest BCUT2D eigenvalue weighted by Gasteiger charge is -2.14. The molecule has 0 radical (unpaired) electrons. The van der Waals surface area contributed by atoms with Crippen LogP contribution in [0.2, 0.25) is 0 Å². The van der Waals surface area contributed by atoms with Crippen LogP contribution in [-0.2, 0) is 0 Å². The summed E-state index contributed by atoms with van der Waals surface area (Å²) >= 11 is 1.65. The third-order valence-electron chi connectivity index (χ3n) is 3.98. The van der Waals surface area contributed by atoms with Crippen LogP contribution in [0.5, 0.6) is 5.75 Å². The van der Waals surface area contributed by atoms with Crippen molar-refractivity contribution in [1.82, 2.24) is 14.9 Å². The van der Waals surface area contributed by atoms with Crippen LogP contribution in [-0.4, -0.2) is 32.9 Å². The lowest BCUT2D eigenvalue weighted by Crippen LogP contribution is -2.13. The van der Waals surface area contributed by atoms with Crippen molar-refractivity contribution in [1.29, 1.82) is 0 Å². The summed E-state index contributed by atoms with van der Waals surface area (Å²) in [5.74, 6) is 2.42. The molecule has 1 aliphatic heterocycles. The Morgan fingerprint density at radius 3 is 2.44 bits per heavy atom. The van der Waals surface area contributed by atoms with E-state index in [0.29, 0.717) is 6.61 Å². The quantitative estimate of drug-likeness (QED) is 0.713. The molecule has 3 aromatic rings. The van der Waals surface area contributed by atoms with Crippen LogP contribution in [0.1, 0.15) is 18.1 Å². The fourth-order valence-electron chi connectivity index (χ4n) is 2.66. The van der Waals surface area contributed by atoms with Gasteiger partial charge in [-0.2, -0.15) is 9.78 Å². The number of ether oxygens (including phenoxy) is 1. The number of hydrogen-bond acceptors (Lipinski definition) is 5. The van der Waals surface area contributed by atoms with Gasteiger partial charge in [0, 0.05) is 11.3 Å². The highest BCUT2D eigenvalue weighted by Crippen LogP contribution is 2.28. The molecule has 0 amide bonds. The minimum atomic E-state index is 0.667. The van der Waals surface area contributed by atoms with Crippen LogP contribution in [0, 0.1) is 6.92 Å². The number of aryl methyl sites for hydroxylation is 1. The van der Waals surface area contributed by atoms with E-state index in [-0.39, 0.29) is 0 Å². The number of thioether (sulfide) groups is 1. The fourth-order valence-corrected chi connectivity index (χ4v) is 3.50. The zero-order valence-electron chi connectivity index (χ0n) is 14.1. The number of aromatic nitrogens is 3. The summed E-state index contributed by atoms with van der Waals surface area (Å²) in [6, 6.07) is 16.3. The topological polar surface area (TPSA) is 52.3 Å². The van der Waals surface area contributed by atoms with Gasteiger partial charge >= 0.3 is 0 Å². The monoisotopic (exact) mass is 350 g/mol. The van der Waals surface area contributed by atoms with Crippen LogP contribution in [0.25, 0.3) is 11.4 Å². The summed E-state index contributed by atoms with van der Waals surface area (Å²) < 4.78 is 7.35. The smallest absolute Gasteiger partial charge is 0.212 e. The van der Waals surface area contributed by atoms with Crippen LogP contribution >= 0.6 is 11.8 Å². The first-order valence-electron chi connectivity index (χ1n) is 8.21. The van der Waals surface area contributed by atoms with Crippen molar-refractivity contribution >= 4 is 17.5 Å². The predicted molar refractivity (Wildman–Crippen MR) is 100 cm³/mol. The Labute approximate surface area is 150 Å². The highest BCUT2D eigenvalue weighted by Gasteiger charge is 2.20. The summed E-state index contributed by atoms with van der Waals surface area (Å²) in [5, 5.41) is 14.2. The van der Waals surface area contributed by atoms with Gasteiger partial charge in [-0.25, -0.2) is 0 Å². The maximum absolute atomic E-state index is 5.51. The first-order chi connectivity index (χ1) is 12.2. The van der Waals surface area contributed by atoms with E-state index < -0.39 is 0 Å². The van der Waals surface area contributed by atoms with Crippen molar-refractivity contribution in [2.45, 2.75) is 19.0 Å². The van der Waals surface area contributed by atoms with Gasteiger partial charge in [0.25, 0.3) is 0 Å². The Morgan fingerprint density at radius 2 is 1.72 bits per heavy atom. The maximum atomic E-state index is 5.51. The van der Waals surface area contributed by atoms with E-state index >= 15 is 0 Å². The molecule has 1 aliphatic rings. The molecule has 4 rings (SSSR count). The van der Waals surface area contributed by atoms with Gasteiger partial charge < -0.3 is 4.74 Å². The molecule has 0 fully saturated rings. The molecule has 6 heteroatoms. The van der Waals surface area contributed by atoms with E-state index in [9.17, 15) is 0 Å². The third-order valence-corrected chi connectivity index (χ3v) is 4.91. The minimum Gasteiger partial charge on any atom is -0.494 e. The number of benzene rings is 2. The average molecular weight is 350 g/mol. The molecular weight excluding hydrogens is 332 g/mol. The van der Waals surface area contributed by atoms with E-state index in [0.717, 1.165) is 39.3 Å². The van der Waals surface area contributed by atoms with Crippen LogP contribution in [0.4, 0.5) is 0 Å². The van der Waals surface area contributed by atoms with Gasteiger partial charge in [0.2, 0.25) is 5.16 Å². The molecule has 0 N–H and O–H groups in total. The molecule has 2 heterocycles. The summed E-state index contributed by atoms with van der Waals surface area (Å²) in [4.78, 5) is 0. The van der Waals surface area contributed by atoms with Gasteiger partial charge in [-0.05, 0) is 43.7 Å². The average Bonchev–Trinajstić information content (AvgIpc) is 3.06. The molecule has 0 unspecified atom stereocenters. The second-order valence-corrected chi connectivity index (χ2v) is 6.72. The van der Waals surface area contributed by atoms with Gasteiger partial charge in [0.1, 0.15) is 5.75 Å². The van der Waals surface area contributed by atoms with E-state index in [2.05, 4.69) is 41.4 Å². The molecule has 1 aromatic heterocycles. The van der Waals surface area contributed by atoms with Crippen LogP contribution in [0.3, 0.4) is 0 Å². The van der Waals surface area contributed by atoms with Crippen molar-refractivity contribution < 1.29 is 4.74 Å². The zero-order chi connectivity index (χ0) is 17.2. The molecule has 0 aliphatic carbocycles. The molecule has 0 saturated heterocycles. The highest BCUT2D eigenvalue weighted by atomic mass is 32.2. The van der Waals surface area contributed by atoms with Crippen molar-refractivity contribution in [3.63, 3.8) is 0 Å². The largest absolute Gasteiger partial charge is 0.494 e. The zero-order valence-corrected chi connectivity index (χ0v) is 15.0. The minimum absolute atomic E-state index is 0.667. The lowest BCUT2D eigenvalue weighted by atomic mass is 10.1. The molecule has 0 spiro atoms. The van der Waals surface area contributed by atoms with E-state index in [4.69, 9.17) is 9.84 Å². The van der Waals surface area contributed by atoms with Crippen LogP contribution in [0.15, 0.2) is 58.8 Å². The van der Waals surface area contributed by atoms with Crippen molar-refractivity contribution in [3.8, 4) is 17.1 Å². The number of hydrogen-bond donors (Lipinski definition) is 0. The Balaban J connectivity index is 1.69. The lowest BCUT2D eigenvalue weighted by molar-refractivity contribution is 0.340. The van der Waals surface area contributed by atoms with Gasteiger partial charge in [-0.1, -0.05) is 41.6 Å². The first-order valence-corrected chi connectivity index (χ1v) is 9.19.